The first kappa shape index (κ1) is 11.3. The molecule has 0 heterocycles. The fourth-order valence-corrected chi connectivity index (χ4v) is 1.73. The maximum absolute atomic E-state index is 10.7. The van der Waals surface area contributed by atoms with Crippen LogP contribution in [0.15, 0.2) is 24.8 Å². The number of thioether (sulfide) groups is 1. The van der Waals surface area contributed by atoms with Gasteiger partial charge in [-0.05, 0) is 6.42 Å². The van der Waals surface area contributed by atoms with E-state index in [1.807, 2.05) is 13.0 Å². The van der Waals surface area contributed by atoms with Gasteiger partial charge in [-0.25, -0.2) is 0 Å². The fraction of sp³-hybridized carbons (Fsp3) is 0.444. The summed E-state index contributed by atoms with van der Waals surface area (Å²) in [5.74, 6) is 0.420. The van der Waals surface area contributed by atoms with Crippen molar-refractivity contribution in [3.63, 3.8) is 0 Å². The molecule has 1 unspecified atom stereocenters. The highest BCUT2D eigenvalue weighted by molar-refractivity contribution is 8.00. The van der Waals surface area contributed by atoms with E-state index in [9.17, 15) is 4.79 Å². The maximum atomic E-state index is 10.7. The summed E-state index contributed by atoms with van der Waals surface area (Å²) >= 11 is 1.64. The van der Waals surface area contributed by atoms with Gasteiger partial charge in [0.15, 0.2) is 0 Å². The Hall–Kier alpha value is -0.700. The molecule has 0 aliphatic heterocycles. The lowest BCUT2D eigenvalue weighted by Gasteiger charge is -2.13. The van der Waals surface area contributed by atoms with Gasteiger partial charge in [-0.3, -0.25) is 4.79 Å². The Balaban J connectivity index is 4.04. The third kappa shape index (κ3) is 3.62. The topological polar surface area (TPSA) is 43.1 Å². The van der Waals surface area contributed by atoms with Gasteiger partial charge >= 0.3 is 0 Å². The zero-order chi connectivity index (χ0) is 9.56. The normalized spacial score (nSPS) is 12.1. The second-order valence-electron chi connectivity index (χ2n) is 2.41. The van der Waals surface area contributed by atoms with Crippen LogP contribution in [0.1, 0.15) is 13.3 Å². The van der Waals surface area contributed by atoms with Gasteiger partial charge in [0.1, 0.15) is 0 Å². The third-order valence-corrected chi connectivity index (χ3v) is 2.94. The second-order valence-corrected chi connectivity index (χ2v) is 3.64. The van der Waals surface area contributed by atoms with Crippen LogP contribution in [0.25, 0.3) is 0 Å². The molecule has 0 aromatic rings. The number of amides is 1. The van der Waals surface area contributed by atoms with Crippen molar-refractivity contribution in [2.75, 3.05) is 5.75 Å². The van der Waals surface area contributed by atoms with Crippen molar-refractivity contribution in [3.8, 4) is 0 Å². The molecule has 12 heavy (non-hydrogen) atoms. The maximum Gasteiger partial charge on any atom is 0.245 e. The summed E-state index contributed by atoms with van der Waals surface area (Å²) in [6.07, 6.45) is 2.68. The highest BCUT2D eigenvalue weighted by Gasteiger charge is 2.14. The molecule has 0 rings (SSSR count). The first-order chi connectivity index (χ1) is 5.63. The summed E-state index contributed by atoms with van der Waals surface area (Å²) in [4.78, 5) is 10.7. The number of carbonyl (C=O) groups excluding carboxylic acids is 1. The van der Waals surface area contributed by atoms with E-state index < -0.39 is 5.91 Å². The first-order valence-corrected chi connectivity index (χ1v) is 4.89. The van der Waals surface area contributed by atoms with Crippen LogP contribution in [0.4, 0.5) is 0 Å². The molecule has 2 N–H and O–H groups in total. The summed E-state index contributed by atoms with van der Waals surface area (Å²) in [5, 5.41) is 0.139. The molecule has 0 aromatic carbocycles. The quantitative estimate of drug-likeness (QED) is 0.506. The zero-order valence-electron chi connectivity index (χ0n) is 7.38. The molecule has 0 aromatic heterocycles. The molecule has 0 aliphatic rings. The summed E-state index contributed by atoms with van der Waals surface area (Å²) in [6, 6.07) is 0. The lowest BCUT2D eigenvalue weighted by atomic mass is 10.1. The van der Waals surface area contributed by atoms with Crippen LogP contribution in [0.2, 0.25) is 0 Å². The largest absolute Gasteiger partial charge is 0.366 e. The lowest BCUT2D eigenvalue weighted by molar-refractivity contribution is -0.114. The monoisotopic (exact) mass is 185 g/mol. The molecule has 1 atom stereocenters. The van der Waals surface area contributed by atoms with Gasteiger partial charge in [-0.2, -0.15) is 0 Å². The average Bonchev–Trinajstić information content (AvgIpc) is 2.05. The lowest BCUT2D eigenvalue weighted by Crippen LogP contribution is -2.21. The van der Waals surface area contributed by atoms with Crippen LogP contribution >= 0.6 is 11.8 Å². The van der Waals surface area contributed by atoms with Gasteiger partial charge < -0.3 is 5.73 Å². The first-order valence-electron chi connectivity index (χ1n) is 3.84. The van der Waals surface area contributed by atoms with Crippen LogP contribution in [-0.4, -0.2) is 16.9 Å². The van der Waals surface area contributed by atoms with Crippen molar-refractivity contribution in [1.29, 1.82) is 0 Å². The van der Waals surface area contributed by atoms with Crippen LogP contribution in [-0.2, 0) is 4.79 Å². The number of nitrogens with two attached hydrogens (primary N) is 1. The van der Waals surface area contributed by atoms with Crippen molar-refractivity contribution in [1.82, 2.24) is 0 Å². The molecule has 0 aliphatic carbocycles. The molecule has 0 saturated heterocycles. The summed E-state index contributed by atoms with van der Waals surface area (Å²) in [7, 11) is 0. The highest BCUT2D eigenvalue weighted by atomic mass is 32.2. The Morgan fingerprint density at radius 1 is 1.75 bits per heavy atom. The number of primary amides is 1. The van der Waals surface area contributed by atoms with Crippen molar-refractivity contribution in [2.45, 2.75) is 18.6 Å². The standard InChI is InChI=1S/C9H15NOS/c1-4-6-12-8(5-2)7(3)9(10)11/h4,8H,1,3,5-6H2,2H3,(H2,10,11). The third-order valence-electron chi connectivity index (χ3n) is 1.49. The Kier molecular flexibility index (Phi) is 5.54. The van der Waals surface area contributed by atoms with Crippen molar-refractivity contribution >= 4 is 17.7 Å². The Bertz CT molecular complexity index is 189. The number of hydrogen-bond acceptors (Lipinski definition) is 2. The second kappa shape index (κ2) is 5.89. The van der Waals surface area contributed by atoms with Crippen LogP contribution < -0.4 is 5.73 Å². The smallest absolute Gasteiger partial charge is 0.245 e. The average molecular weight is 185 g/mol. The van der Waals surface area contributed by atoms with Gasteiger partial charge in [0, 0.05) is 16.6 Å². The highest BCUT2D eigenvalue weighted by Crippen LogP contribution is 2.20. The molecular formula is C9H15NOS. The van der Waals surface area contributed by atoms with Crippen molar-refractivity contribution < 1.29 is 4.79 Å². The fourth-order valence-electron chi connectivity index (χ4n) is 0.808. The van der Waals surface area contributed by atoms with Crippen molar-refractivity contribution in [2.24, 2.45) is 5.73 Å². The van der Waals surface area contributed by atoms with E-state index in [-0.39, 0.29) is 5.25 Å². The predicted molar refractivity (Wildman–Crippen MR) is 55.1 cm³/mol. The van der Waals surface area contributed by atoms with Gasteiger partial charge in [-0.1, -0.05) is 19.6 Å². The molecule has 1 amide bonds. The van der Waals surface area contributed by atoms with E-state index in [1.54, 1.807) is 11.8 Å². The van der Waals surface area contributed by atoms with Gasteiger partial charge in [0.25, 0.3) is 0 Å². The van der Waals surface area contributed by atoms with Gasteiger partial charge in [-0.15, -0.1) is 18.3 Å². The predicted octanol–water partition coefficient (Wildman–Crippen LogP) is 1.73. The molecule has 3 heteroatoms. The molecule has 0 radical (unpaired) electrons. The zero-order valence-corrected chi connectivity index (χ0v) is 8.19. The Labute approximate surface area is 77.9 Å². The number of hydrogen-bond donors (Lipinski definition) is 1. The van der Waals surface area contributed by atoms with E-state index in [4.69, 9.17) is 5.73 Å². The molecule has 0 spiro atoms. The van der Waals surface area contributed by atoms with Crippen LogP contribution in [0.3, 0.4) is 0 Å². The van der Waals surface area contributed by atoms with E-state index in [0.29, 0.717) is 5.57 Å². The Morgan fingerprint density at radius 3 is 2.67 bits per heavy atom. The molecular weight excluding hydrogens is 170 g/mol. The minimum absolute atomic E-state index is 0.139. The SMILES string of the molecule is C=CCSC(CC)C(=C)C(N)=O. The van der Waals surface area contributed by atoms with Gasteiger partial charge in [0.05, 0.1) is 0 Å². The van der Waals surface area contributed by atoms with Crippen molar-refractivity contribution in [3.05, 3.63) is 24.8 Å². The number of carbonyl (C=O) groups is 1. The molecule has 0 fully saturated rings. The van der Waals surface area contributed by atoms with Crippen LogP contribution in [0, 0.1) is 0 Å². The summed E-state index contributed by atoms with van der Waals surface area (Å²) in [5.41, 5.74) is 5.61. The summed E-state index contributed by atoms with van der Waals surface area (Å²) < 4.78 is 0. The van der Waals surface area contributed by atoms with E-state index in [0.717, 1.165) is 12.2 Å². The molecule has 68 valence electrons. The molecule has 2 nitrogen and oxygen atoms in total. The van der Waals surface area contributed by atoms with E-state index >= 15 is 0 Å². The Morgan fingerprint density at radius 2 is 2.33 bits per heavy atom. The minimum atomic E-state index is -0.404. The van der Waals surface area contributed by atoms with E-state index in [1.165, 1.54) is 0 Å². The van der Waals surface area contributed by atoms with Gasteiger partial charge in [0.2, 0.25) is 5.91 Å². The van der Waals surface area contributed by atoms with E-state index in [2.05, 4.69) is 13.2 Å². The molecule has 0 bridgehead atoms. The number of rotatable bonds is 6. The molecule has 0 saturated carbocycles. The van der Waals surface area contributed by atoms with Crippen LogP contribution in [0.5, 0.6) is 0 Å². The summed E-state index contributed by atoms with van der Waals surface area (Å²) in [6.45, 7) is 9.26. The minimum Gasteiger partial charge on any atom is -0.366 e.